The summed E-state index contributed by atoms with van der Waals surface area (Å²) in [6.45, 7) is 12.9. The molecular formula is C19H35N3O3. The summed E-state index contributed by atoms with van der Waals surface area (Å²) in [5, 5.41) is 12.6. The Morgan fingerprint density at radius 2 is 1.80 bits per heavy atom. The predicted molar refractivity (Wildman–Crippen MR) is 98.4 cm³/mol. The Morgan fingerprint density at radius 3 is 2.40 bits per heavy atom. The number of rotatable bonds is 6. The first-order chi connectivity index (χ1) is 11.7. The Kier molecular flexibility index (Phi) is 7.25. The molecule has 2 aliphatic rings. The van der Waals surface area contributed by atoms with Crippen molar-refractivity contribution in [2.24, 2.45) is 17.3 Å². The number of carbonyl (C=O) groups is 2. The lowest BCUT2D eigenvalue weighted by atomic mass is 9.80. The molecule has 2 aliphatic heterocycles. The molecule has 25 heavy (non-hydrogen) atoms. The molecule has 2 N–H and O–H groups in total. The van der Waals surface area contributed by atoms with Crippen LogP contribution in [0.2, 0.25) is 0 Å². The number of aliphatic carboxylic acids is 1. The summed E-state index contributed by atoms with van der Waals surface area (Å²) in [5.74, 6) is -0.0113. The molecule has 0 aliphatic carbocycles. The lowest BCUT2D eigenvalue weighted by molar-refractivity contribution is -0.140. The third-order valence-electron chi connectivity index (χ3n) is 5.39. The summed E-state index contributed by atoms with van der Waals surface area (Å²) in [4.78, 5) is 28.2. The molecule has 2 saturated heterocycles. The molecule has 6 heteroatoms. The lowest BCUT2D eigenvalue weighted by Gasteiger charge is -2.40. The molecule has 2 fully saturated rings. The van der Waals surface area contributed by atoms with Gasteiger partial charge in [-0.3, -0.25) is 9.59 Å². The fourth-order valence-electron chi connectivity index (χ4n) is 3.98. The summed E-state index contributed by atoms with van der Waals surface area (Å²) >= 11 is 0. The molecule has 6 nitrogen and oxygen atoms in total. The molecule has 0 aromatic rings. The minimum atomic E-state index is -0.716. The Bertz CT molecular complexity index is 455. The van der Waals surface area contributed by atoms with E-state index in [9.17, 15) is 14.7 Å². The Labute approximate surface area is 151 Å². The summed E-state index contributed by atoms with van der Waals surface area (Å²) < 4.78 is 0. The molecule has 2 heterocycles. The molecule has 1 amide bonds. The third kappa shape index (κ3) is 6.94. The predicted octanol–water partition coefficient (Wildman–Crippen LogP) is 1.66. The van der Waals surface area contributed by atoms with Gasteiger partial charge in [-0.2, -0.15) is 0 Å². The van der Waals surface area contributed by atoms with Gasteiger partial charge in [-0.25, -0.2) is 0 Å². The maximum absolute atomic E-state index is 12.6. The number of hydrogen-bond acceptors (Lipinski definition) is 4. The highest BCUT2D eigenvalue weighted by molar-refractivity contribution is 5.77. The monoisotopic (exact) mass is 353 g/mol. The molecule has 0 bridgehead atoms. The molecule has 0 aromatic heterocycles. The molecule has 0 radical (unpaired) electrons. The first kappa shape index (κ1) is 20.2. The maximum Gasteiger partial charge on any atom is 0.303 e. The third-order valence-corrected chi connectivity index (χ3v) is 5.39. The average molecular weight is 354 g/mol. The SMILES string of the molecule is CC(C)(C)CC(=O)N1CC[C@@H](CC(=O)O)[C@@H](CCN2CCNCC2)C1. The van der Waals surface area contributed by atoms with Gasteiger partial charge >= 0.3 is 5.97 Å². The smallest absolute Gasteiger partial charge is 0.303 e. The van der Waals surface area contributed by atoms with Crippen molar-refractivity contribution in [2.45, 2.75) is 46.5 Å². The van der Waals surface area contributed by atoms with Crippen molar-refractivity contribution in [3.8, 4) is 0 Å². The second-order valence-electron chi connectivity index (χ2n) is 8.86. The van der Waals surface area contributed by atoms with E-state index < -0.39 is 5.97 Å². The zero-order chi connectivity index (χ0) is 18.4. The van der Waals surface area contributed by atoms with Gasteiger partial charge in [-0.05, 0) is 36.6 Å². The fraction of sp³-hybridized carbons (Fsp3) is 0.895. The van der Waals surface area contributed by atoms with Gasteiger partial charge in [0.1, 0.15) is 0 Å². The highest BCUT2D eigenvalue weighted by Crippen LogP contribution is 2.31. The molecule has 144 valence electrons. The van der Waals surface area contributed by atoms with E-state index in [0.29, 0.717) is 18.9 Å². The van der Waals surface area contributed by atoms with E-state index >= 15 is 0 Å². The van der Waals surface area contributed by atoms with Crippen molar-refractivity contribution in [2.75, 3.05) is 45.8 Å². The van der Waals surface area contributed by atoms with Crippen LogP contribution in [0.4, 0.5) is 0 Å². The number of piperidine rings is 1. The van der Waals surface area contributed by atoms with Crippen LogP contribution < -0.4 is 5.32 Å². The van der Waals surface area contributed by atoms with E-state index in [2.05, 4.69) is 31.0 Å². The molecule has 0 saturated carbocycles. The van der Waals surface area contributed by atoms with Gasteiger partial charge in [0.25, 0.3) is 0 Å². The van der Waals surface area contributed by atoms with E-state index in [1.165, 1.54) is 0 Å². The van der Waals surface area contributed by atoms with Crippen LogP contribution in [-0.4, -0.2) is 72.6 Å². The summed E-state index contributed by atoms with van der Waals surface area (Å²) in [7, 11) is 0. The highest BCUT2D eigenvalue weighted by atomic mass is 16.4. The van der Waals surface area contributed by atoms with Gasteiger partial charge in [0, 0.05) is 52.1 Å². The largest absolute Gasteiger partial charge is 0.481 e. The van der Waals surface area contributed by atoms with Gasteiger partial charge in [-0.15, -0.1) is 0 Å². The van der Waals surface area contributed by atoms with Crippen LogP contribution >= 0.6 is 0 Å². The van der Waals surface area contributed by atoms with E-state index in [1.54, 1.807) is 0 Å². The van der Waals surface area contributed by atoms with E-state index in [0.717, 1.165) is 52.1 Å². The standard InChI is InChI=1S/C19H35N3O3/c1-19(2,3)13-17(23)22-9-5-15(12-18(24)25)16(14-22)4-8-21-10-6-20-7-11-21/h15-16,20H,4-14H2,1-3H3,(H,24,25)/t15-,16-/m0/s1. The van der Waals surface area contributed by atoms with Crippen LogP contribution in [0.15, 0.2) is 0 Å². The maximum atomic E-state index is 12.6. The summed E-state index contributed by atoms with van der Waals surface area (Å²) in [5.41, 5.74) is -0.00864. The number of likely N-dealkylation sites (tertiary alicyclic amines) is 1. The van der Waals surface area contributed by atoms with Crippen molar-refractivity contribution in [3.63, 3.8) is 0 Å². The van der Waals surface area contributed by atoms with Crippen LogP contribution in [0, 0.1) is 17.3 Å². The summed E-state index contributed by atoms with van der Waals surface area (Å²) in [6.07, 6.45) is 2.58. The number of hydrogen-bond donors (Lipinski definition) is 2. The Balaban J connectivity index is 1.93. The van der Waals surface area contributed by atoms with Crippen molar-refractivity contribution in [3.05, 3.63) is 0 Å². The average Bonchev–Trinajstić information content (AvgIpc) is 2.52. The minimum absolute atomic E-state index is 0.00864. The zero-order valence-electron chi connectivity index (χ0n) is 16.1. The van der Waals surface area contributed by atoms with Crippen LogP contribution in [0.5, 0.6) is 0 Å². The number of amides is 1. The Hall–Kier alpha value is -1.14. The number of carbonyl (C=O) groups excluding carboxylic acids is 1. The number of nitrogens with zero attached hydrogens (tertiary/aromatic N) is 2. The van der Waals surface area contributed by atoms with Crippen molar-refractivity contribution >= 4 is 11.9 Å². The molecule has 0 spiro atoms. The highest BCUT2D eigenvalue weighted by Gasteiger charge is 2.33. The second kappa shape index (κ2) is 8.99. The number of carboxylic acid groups (broad SMARTS) is 1. The normalized spacial score (nSPS) is 25.8. The van der Waals surface area contributed by atoms with Crippen molar-refractivity contribution < 1.29 is 14.7 Å². The molecule has 2 atom stereocenters. The van der Waals surface area contributed by atoms with Gasteiger partial charge in [-0.1, -0.05) is 20.8 Å². The van der Waals surface area contributed by atoms with E-state index in [4.69, 9.17) is 0 Å². The number of piperazine rings is 1. The van der Waals surface area contributed by atoms with Gasteiger partial charge in [0.15, 0.2) is 0 Å². The van der Waals surface area contributed by atoms with E-state index in [1.807, 2.05) is 4.90 Å². The van der Waals surface area contributed by atoms with Crippen LogP contribution in [-0.2, 0) is 9.59 Å². The van der Waals surface area contributed by atoms with Gasteiger partial charge in [0.05, 0.1) is 0 Å². The first-order valence-electron chi connectivity index (χ1n) is 9.67. The number of nitrogens with one attached hydrogen (secondary N) is 1. The molecule has 2 rings (SSSR count). The second-order valence-corrected chi connectivity index (χ2v) is 8.86. The molecule has 0 aromatic carbocycles. The van der Waals surface area contributed by atoms with Gasteiger partial charge < -0.3 is 20.2 Å². The van der Waals surface area contributed by atoms with Crippen LogP contribution in [0.25, 0.3) is 0 Å². The topological polar surface area (TPSA) is 72.9 Å². The van der Waals surface area contributed by atoms with Crippen LogP contribution in [0.3, 0.4) is 0 Å². The first-order valence-corrected chi connectivity index (χ1v) is 9.67. The van der Waals surface area contributed by atoms with Crippen LogP contribution in [0.1, 0.15) is 46.5 Å². The minimum Gasteiger partial charge on any atom is -0.481 e. The molecular weight excluding hydrogens is 318 g/mol. The van der Waals surface area contributed by atoms with Crippen molar-refractivity contribution in [1.82, 2.24) is 15.1 Å². The van der Waals surface area contributed by atoms with Crippen molar-refractivity contribution in [1.29, 1.82) is 0 Å². The van der Waals surface area contributed by atoms with Gasteiger partial charge in [0.2, 0.25) is 5.91 Å². The quantitative estimate of drug-likeness (QED) is 0.760. The zero-order valence-corrected chi connectivity index (χ0v) is 16.1. The Morgan fingerprint density at radius 1 is 1.12 bits per heavy atom. The fourth-order valence-corrected chi connectivity index (χ4v) is 3.98. The number of carboxylic acids is 1. The lowest BCUT2D eigenvalue weighted by Crippen LogP contribution is -2.47. The summed E-state index contributed by atoms with van der Waals surface area (Å²) in [6, 6.07) is 0. The molecule has 0 unspecified atom stereocenters. The van der Waals surface area contributed by atoms with E-state index in [-0.39, 0.29) is 23.7 Å².